The summed E-state index contributed by atoms with van der Waals surface area (Å²) in [5.74, 6) is -0.102. The molecule has 0 unspecified atom stereocenters. The lowest BCUT2D eigenvalue weighted by molar-refractivity contribution is -0.144. The van der Waals surface area contributed by atoms with E-state index in [-0.39, 0.29) is 5.97 Å². The van der Waals surface area contributed by atoms with E-state index in [1.807, 2.05) is 13.8 Å². The number of hydrogen-bond donors (Lipinski definition) is 0. The van der Waals surface area contributed by atoms with Gasteiger partial charge < -0.3 is 9.47 Å². The highest BCUT2D eigenvalue weighted by atomic mass is 16.6. The first-order valence-corrected chi connectivity index (χ1v) is 7.57. The van der Waals surface area contributed by atoms with Crippen LogP contribution in [0, 0.1) is 0 Å². The van der Waals surface area contributed by atoms with Crippen LogP contribution < -0.4 is 0 Å². The molecule has 112 valence electrons. The normalized spacial score (nSPS) is 10.1. The molecule has 0 saturated carbocycles. The summed E-state index contributed by atoms with van der Waals surface area (Å²) >= 11 is 0. The van der Waals surface area contributed by atoms with Crippen LogP contribution in [0.2, 0.25) is 0 Å². The Bertz CT molecular complexity index is 242. The Balaban J connectivity index is 3.24. The third-order valence-electron chi connectivity index (χ3n) is 2.77. The molecule has 0 aliphatic rings. The molecule has 0 spiro atoms. The molecule has 0 fully saturated rings. The molecule has 0 aromatic carbocycles. The Kier molecular flexibility index (Phi) is 12.7. The second-order valence-corrected chi connectivity index (χ2v) is 5.16. The van der Waals surface area contributed by atoms with Gasteiger partial charge in [-0.3, -0.25) is 4.79 Å². The van der Waals surface area contributed by atoms with Crippen molar-refractivity contribution in [3.05, 3.63) is 11.8 Å². The maximum absolute atomic E-state index is 11.4. The molecule has 0 aliphatic heterocycles. The molecule has 0 N–H and O–H groups in total. The van der Waals surface area contributed by atoms with E-state index in [0.717, 1.165) is 18.4 Å². The van der Waals surface area contributed by atoms with E-state index in [2.05, 4.69) is 6.92 Å². The predicted octanol–water partition coefficient (Wildman–Crippen LogP) is 4.61. The van der Waals surface area contributed by atoms with Crippen molar-refractivity contribution in [3.63, 3.8) is 0 Å². The van der Waals surface area contributed by atoms with Crippen LogP contribution in [0.1, 0.15) is 72.1 Å². The topological polar surface area (TPSA) is 35.5 Å². The van der Waals surface area contributed by atoms with E-state index >= 15 is 0 Å². The van der Waals surface area contributed by atoms with Gasteiger partial charge in [-0.05, 0) is 25.8 Å². The first kappa shape index (κ1) is 18.0. The third kappa shape index (κ3) is 15.0. The molecule has 0 saturated heterocycles. The van der Waals surface area contributed by atoms with Crippen LogP contribution in [0.3, 0.4) is 0 Å². The quantitative estimate of drug-likeness (QED) is 0.295. The van der Waals surface area contributed by atoms with Crippen LogP contribution in [0.15, 0.2) is 11.8 Å². The van der Waals surface area contributed by atoms with Crippen LogP contribution in [0.4, 0.5) is 0 Å². The molecular weight excluding hydrogens is 240 g/mol. The molecular formula is C16H30O3. The van der Waals surface area contributed by atoms with Gasteiger partial charge in [0.05, 0.1) is 6.26 Å². The van der Waals surface area contributed by atoms with Gasteiger partial charge in [0.1, 0.15) is 13.2 Å². The van der Waals surface area contributed by atoms with E-state index in [9.17, 15) is 4.79 Å². The lowest BCUT2D eigenvalue weighted by Crippen LogP contribution is -2.09. The number of ether oxygens (including phenoxy) is 2. The average Bonchev–Trinajstić information content (AvgIpc) is 2.37. The van der Waals surface area contributed by atoms with Crippen LogP contribution >= 0.6 is 0 Å². The van der Waals surface area contributed by atoms with Crippen LogP contribution in [0.5, 0.6) is 0 Å². The van der Waals surface area contributed by atoms with Gasteiger partial charge in [-0.25, -0.2) is 0 Å². The van der Waals surface area contributed by atoms with Gasteiger partial charge in [0.15, 0.2) is 0 Å². The maximum Gasteiger partial charge on any atom is 0.305 e. The van der Waals surface area contributed by atoms with Crippen molar-refractivity contribution in [1.82, 2.24) is 0 Å². The number of carbonyl (C=O) groups is 1. The number of allylic oxidation sites excluding steroid dienone is 1. The fourth-order valence-corrected chi connectivity index (χ4v) is 1.73. The predicted molar refractivity (Wildman–Crippen MR) is 79.0 cm³/mol. The zero-order chi connectivity index (χ0) is 14.3. The molecule has 0 heterocycles. The Morgan fingerprint density at radius 3 is 2.21 bits per heavy atom. The molecule has 3 heteroatoms. The third-order valence-corrected chi connectivity index (χ3v) is 2.77. The van der Waals surface area contributed by atoms with Crippen LogP contribution in [0.25, 0.3) is 0 Å². The number of rotatable bonds is 12. The Hall–Kier alpha value is -0.990. The summed E-state index contributed by atoms with van der Waals surface area (Å²) in [6.07, 6.45) is 10.8. The van der Waals surface area contributed by atoms with Crippen molar-refractivity contribution < 1.29 is 14.3 Å². The molecule has 0 atom stereocenters. The summed E-state index contributed by atoms with van der Waals surface area (Å²) in [6, 6.07) is 0. The van der Waals surface area contributed by atoms with E-state index in [0.29, 0.717) is 19.6 Å². The summed E-state index contributed by atoms with van der Waals surface area (Å²) < 4.78 is 10.3. The zero-order valence-corrected chi connectivity index (χ0v) is 12.9. The molecule has 0 rings (SSSR count). The monoisotopic (exact) mass is 270 g/mol. The summed E-state index contributed by atoms with van der Waals surface area (Å²) in [5, 5.41) is 0. The number of esters is 1. The molecule has 3 nitrogen and oxygen atoms in total. The van der Waals surface area contributed by atoms with E-state index in [1.54, 1.807) is 6.26 Å². The largest absolute Gasteiger partial charge is 0.498 e. The minimum atomic E-state index is -0.102. The summed E-state index contributed by atoms with van der Waals surface area (Å²) in [7, 11) is 0. The van der Waals surface area contributed by atoms with Gasteiger partial charge in [-0.2, -0.15) is 0 Å². The first-order chi connectivity index (χ1) is 9.16. The van der Waals surface area contributed by atoms with E-state index in [1.165, 1.54) is 32.1 Å². The van der Waals surface area contributed by atoms with E-state index < -0.39 is 0 Å². The molecule has 0 aromatic heterocycles. The molecule has 0 aromatic rings. The molecule has 19 heavy (non-hydrogen) atoms. The molecule has 0 amide bonds. The second-order valence-electron chi connectivity index (χ2n) is 5.16. The lowest BCUT2D eigenvalue weighted by Gasteiger charge is -2.05. The van der Waals surface area contributed by atoms with Crippen LogP contribution in [-0.4, -0.2) is 19.2 Å². The number of carbonyl (C=O) groups excluding carboxylic acids is 1. The SMILES string of the molecule is CCCCCCCCCC(=O)OCCOC=C(C)C. The van der Waals surface area contributed by atoms with Gasteiger partial charge in [-0.15, -0.1) is 0 Å². The van der Waals surface area contributed by atoms with Crippen molar-refractivity contribution in [2.24, 2.45) is 0 Å². The van der Waals surface area contributed by atoms with Crippen molar-refractivity contribution in [3.8, 4) is 0 Å². The first-order valence-electron chi connectivity index (χ1n) is 7.57. The lowest BCUT2D eigenvalue weighted by atomic mass is 10.1. The summed E-state index contributed by atoms with van der Waals surface area (Å²) in [4.78, 5) is 11.4. The Labute approximate surface area is 118 Å². The molecule has 0 bridgehead atoms. The smallest absolute Gasteiger partial charge is 0.305 e. The summed E-state index contributed by atoms with van der Waals surface area (Å²) in [5.41, 5.74) is 1.11. The summed E-state index contributed by atoms with van der Waals surface area (Å²) in [6.45, 7) is 6.93. The van der Waals surface area contributed by atoms with Crippen molar-refractivity contribution in [2.75, 3.05) is 13.2 Å². The standard InChI is InChI=1S/C16H30O3/c1-4-5-6-7-8-9-10-11-16(17)19-13-12-18-14-15(2)3/h14H,4-13H2,1-3H3. The molecule has 0 aliphatic carbocycles. The van der Waals surface area contributed by atoms with Crippen LogP contribution in [-0.2, 0) is 14.3 Å². The number of unbranched alkanes of at least 4 members (excludes halogenated alkanes) is 6. The zero-order valence-electron chi connectivity index (χ0n) is 12.9. The van der Waals surface area contributed by atoms with Crippen molar-refractivity contribution >= 4 is 5.97 Å². The maximum atomic E-state index is 11.4. The fraction of sp³-hybridized carbons (Fsp3) is 0.812. The minimum Gasteiger partial charge on any atom is -0.498 e. The highest BCUT2D eigenvalue weighted by molar-refractivity contribution is 5.69. The molecule has 0 radical (unpaired) electrons. The second kappa shape index (κ2) is 13.4. The van der Waals surface area contributed by atoms with Gasteiger partial charge >= 0.3 is 5.97 Å². The highest BCUT2D eigenvalue weighted by Gasteiger charge is 2.02. The van der Waals surface area contributed by atoms with Gasteiger partial charge in [0.2, 0.25) is 0 Å². The van der Waals surface area contributed by atoms with Gasteiger partial charge in [0, 0.05) is 6.42 Å². The van der Waals surface area contributed by atoms with Gasteiger partial charge in [0.25, 0.3) is 0 Å². The fourth-order valence-electron chi connectivity index (χ4n) is 1.73. The Morgan fingerprint density at radius 1 is 0.947 bits per heavy atom. The van der Waals surface area contributed by atoms with Crippen molar-refractivity contribution in [2.45, 2.75) is 72.1 Å². The average molecular weight is 270 g/mol. The highest BCUT2D eigenvalue weighted by Crippen LogP contribution is 2.08. The number of hydrogen-bond acceptors (Lipinski definition) is 3. The van der Waals surface area contributed by atoms with E-state index in [4.69, 9.17) is 9.47 Å². The minimum absolute atomic E-state index is 0.102. The van der Waals surface area contributed by atoms with Crippen molar-refractivity contribution in [1.29, 1.82) is 0 Å². The Morgan fingerprint density at radius 2 is 1.58 bits per heavy atom. The van der Waals surface area contributed by atoms with Gasteiger partial charge in [-0.1, -0.05) is 45.4 Å².